The molecule has 0 aliphatic carbocycles. The second-order valence-electron chi connectivity index (χ2n) is 3.90. The van der Waals surface area contributed by atoms with E-state index >= 15 is 0 Å². The van der Waals surface area contributed by atoms with Crippen LogP contribution in [0.2, 0.25) is 0 Å². The molecule has 1 aromatic heterocycles. The number of hydrogen-bond acceptors (Lipinski definition) is 3. The largest absolute Gasteiger partial charge is 0.445 e. The Balaban J connectivity index is 1.76. The van der Waals surface area contributed by atoms with E-state index in [9.17, 15) is 9.18 Å². The number of aromatic nitrogens is 1. The van der Waals surface area contributed by atoms with Crippen molar-refractivity contribution in [2.75, 3.05) is 0 Å². The first-order valence-electron chi connectivity index (χ1n) is 5.79. The lowest BCUT2D eigenvalue weighted by molar-refractivity contribution is 0.139. The van der Waals surface area contributed by atoms with Gasteiger partial charge >= 0.3 is 6.09 Å². The number of amides is 1. The minimum Gasteiger partial charge on any atom is -0.445 e. The van der Waals surface area contributed by atoms with E-state index in [1.807, 2.05) is 30.3 Å². The molecule has 4 nitrogen and oxygen atoms in total. The third-order valence-electron chi connectivity index (χ3n) is 2.44. The molecule has 0 saturated heterocycles. The van der Waals surface area contributed by atoms with Crippen molar-refractivity contribution >= 4 is 6.09 Å². The average molecular weight is 260 g/mol. The average Bonchev–Trinajstić information content (AvgIpc) is 2.44. The Hall–Kier alpha value is -2.43. The lowest BCUT2D eigenvalue weighted by Gasteiger charge is -2.07. The molecule has 0 aliphatic heterocycles. The molecule has 5 heteroatoms. The van der Waals surface area contributed by atoms with Crippen LogP contribution in [-0.4, -0.2) is 11.1 Å². The van der Waals surface area contributed by atoms with Gasteiger partial charge in [0.25, 0.3) is 0 Å². The van der Waals surface area contributed by atoms with E-state index in [-0.39, 0.29) is 13.2 Å². The van der Waals surface area contributed by atoms with Crippen molar-refractivity contribution in [3.63, 3.8) is 0 Å². The van der Waals surface area contributed by atoms with Gasteiger partial charge in [-0.05, 0) is 23.3 Å². The summed E-state index contributed by atoms with van der Waals surface area (Å²) in [5.41, 5.74) is 1.54. The van der Waals surface area contributed by atoms with Crippen LogP contribution in [0.5, 0.6) is 0 Å². The summed E-state index contributed by atoms with van der Waals surface area (Å²) in [6.45, 7) is 0.407. The Morgan fingerprint density at radius 3 is 2.74 bits per heavy atom. The maximum Gasteiger partial charge on any atom is 0.407 e. The normalized spacial score (nSPS) is 9.95. The van der Waals surface area contributed by atoms with Crippen molar-refractivity contribution in [2.24, 2.45) is 0 Å². The molecular weight excluding hydrogens is 247 g/mol. The van der Waals surface area contributed by atoms with Gasteiger partial charge in [0.15, 0.2) is 0 Å². The molecule has 1 aromatic carbocycles. The first kappa shape index (κ1) is 13.0. The smallest absolute Gasteiger partial charge is 0.407 e. The van der Waals surface area contributed by atoms with Crippen LogP contribution in [-0.2, 0) is 17.9 Å². The van der Waals surface area contributed by atoms with Crippen LogP contribution in [0, 0.1) is 5.95 Å². The molecule has 0 spiro atoms. The zero-order chi connectivity index (χ0) is 13.5. The maximum atomic E-state index is 12.8. The molecule has 1 N–H and O–H groups in total. The van der Waals surface area contributed by atoms with Crippen LogP contribution in [0.1, 0.15) is 11.1 Å². The second-order valence-corrected chi connectivity index (χ2v) is 3.90. The van der Waals surface area contributed by atoms with Crippen molar-refractivity contribution in [3.05, 3.63) is 65.7 Å². The summed E-state index contributed by atoms with van der Waals surface area (Å²) >= 11 is 0. The van der Waals surface area contributed by atoms with E-state index < -0.39 is 12.0 Å². The van der Waals surface area contributed by atoms with Crippen LogP contribution >= 0.6 is 0 Å². The molecule has 0 unspecified atom stereocenters. The molecule has 1 amide bonds. The predicted octanol–water partition coefficient (Wildman–Crippen LogP) is 2.65. The number of carbonyl (C=O) groups is 1. The third-order valence-corrected chi connectivity index (χ3v) is 2.44. The summed E-state index contributed by atoms with van der Waals surface area (Å²) in [6.07, 6.45) is 0.808. The van der Waals surface area contributed by atoms with Gasteiger partial charge in [-0.2, -0.15) is 4.39 Å². The Morgan fingerprint density at radius 1 is 1.21 bits per heavy atom. The highest BCUT2D eigenvalue weighted by atomic mass is 19.1. The second kappa shape index (κ2) is 6.49. The number of ether oxygens (including phenoxy) is 1. The molecule has 2 rings (SSSR count). The van der Waals surface area contributed by atoms with Crippen LogP contribution < -0.4 is 5.32 Å². The lowest BCUT2D eigenvalue weighted by atomic mass is 10.2. The molecule has 0 atom stereocenters. The Morgan fingerprint density at radius 2 is 2.00 bits per heavy atom. The molecule has 19 heavy (non-hydrogen) atoms. The fourth-order valence-electron chi connectivity index (χ4n) is 1.50. The zero-order valence-electron chi connectivity index (χ0n) is 10.2. The summed E-state index contributed by atoms with van der Waals surface area (Å²) in [7, 11) is 0. The van der Waals surface area contributed by atoms with Gasteiger partial charge in [-0.1, -0.05) is 30.3 Å². The van der Waals surface area contributed by atoms with E-state index in [2.05, 4.69) is 10.3 Å². The molecule has 0 fully saturated rings. The van der Waals surface area contributed by atoms with Gasteiger partial charge in [0.1, 0.15) is 6.61 Å². The van der Waals surface area contributed by atoms with Gasteiger partial charge in [0.05, 0.1) is 0 Å². The van der Waals surface area contributed by atoms with E-state index in [0.717, 1.165) is 5.56 Å². The van der Waals surface area contributed by atoms with Crippen LogP contribution in [0.4, 0.5) is 9.18 Å². The lowest BCUT2D eigenvalue weighted by Crippen LogP contribution is -2.23. The van der Waals surface area contributed by atoms with Gasteiger partial charge in [-0.15, -0.1) is 0 Å². The molecular formula is C14H13FN2O2. The zero-order valence-corrected chi connectivity index (χ0v) is 10.2. The highest BCUT2D eigenvalue weighted by molar-refractivity contribution is 5.67. The fourth-order valence-corrected chi connectivity index (χ4v) is 1.50. The molecule has 98 valence electrons. The number of pyridine rings is 1. The van der Waals surface area contributed by atoms with Gasteiger partial charge in [0.2, 0.25) is 5.95 Å². The number of rotatable bonds is 4. The SMILES string of the molecule is O=C(NCc1ccnc(F)c1)OCc1ccccc1. The molecule has 0 saturated carbocycles. The summed E-state index contributed by atoms with van der Waals surface area (Å²) in [5.74, 6) is -0.572. The van der Waals surface area contributed by atoms with E-state index in [4.69, 9.17) is 4.74 Å². The number of halogens is 1. The highest BCUT2D eigenvalue weighted by Gasteiger charge is 2.03. The number of hydrogen-bond donors (Lipinski definition) is 1. The monoisotopic (exact) mass is 260 g/mol. The Kier molecular flexibility index (Phi) is 4.44. The minimum absolute atomic E-state index is 0.201. The van der Waals surface area contributed by atoms with Crippen molar-refractivity contribution in [1.29, 1.82) is 0 Å². The standard InChI is InChI=1S/C14H13FN2O2/c15-13-8-12(6-7-16-13)9-17-14(18)19-10-11-4-2-1-3-5-11/h1-8H,9-10H2,(H,17,18). The minimum atomic E-state index is -0.572. The number of carbonyl (C=O) groups excluding carboxylic acids is 1. The summed E-state index contributed by atoms with van der Waals surface area (Å²) in [5, 5.41) is 2.54. The van der Waals surface area contributed by atoms with Crippen molar-refractivity contribution in [1.82, 2.24) is 10.3 Å². The van der Waals surface area contributed by atoms with Gasteiger partial charge in [-0.25, -0.2) is 9.78 Å². The fraction of sp³-hybridized carbons (Fsp3) is 0.143. The van der Waals surface area contributed by atoms with Crippen molar-refractivity contribution in [2.45, 2.75) is 13.2 Å². The third kappa shape index (κ3) is 4.39. The first-order chi connectivity index (χ1) is 9.24. The number of alkyl carbamates (subject to hydrolysis) is 1. The number of nitrogens with one attached hydrogen (secondary N) is 1. The quantitative estimate of drug-likeness (QED) is 0.860. The summed E-state index contributed by atoms with van der Waals surface area (Å²) < 4.78 is 17.8. The van der Waals surface area contributed by atoms with Crippen LogP contribution in [0.3, 0.4) is 0 Å². The Bertz CT molecular complexity index is 546. The summed E-state index contributed by atoms with van der Waals surface area (Å²) in [6, 6.07) is 12.3. The number of nitrogens with zero attached hydrogens (tertiary/aromatic N) is 1. The van der Waals surface area contributed by atoms with Crippen LogP contribution in [0.15, 0.2) is 48.7 Å². The predicted molar refractivity (Wildman–Crippen MR) is 67.7 cm³/mol. The summed E-state index contributed by atoms with van der Waals surface area (Å²) in [4.78, 5) is 14.9. The Labute approximate surface area is 110 Å². The number of benzene rings is 1. The van der Waals surface area contributed by atoms with E-state index in [1.165, 1.54) is 12.3 Å². The molecule has 0 aliphatic rings. The molecule has 2 aromatic rings. The highest BCUT2D eigenvalue weighted by Crippen LogP contribution is 2.02. The van der Waals surface area contributed by atoms with Gasteiger partial charge < -0.3 is 10.1 Å². The van der Waals surface area contributed by atoms with Crippen LogP contribution in [0.25, 0.3) is 0 Å². The first-order valence-corrected chi connectivity index (χ1v) is 5.79. The molecule has 1 heterocycles. The molecule has 0 radical (unpaired) electrons. The maximum absolute atomic E-state index is 12.8. The van der Waals surface area contributed by atoms with E-state index in [0.29, 0.717) is 5.56 Å². The van der Waals surface area contributed by atoms with Crippen molar-refractivity contribution in [3.8, 4) is 0 Å². The van der Waals surface area contributed by atoms with Crippen molar-refractivity contribution < 1.29 is 13.9 Å². The van der Waals surface area contributed by atoms with E-state index in [1.54, 1.807) is 6.07 Å². The van der Waals surface area contributed by atoms with Gasteiger partial charge in [-0.3, -0.25) is 0 Å². The topological polar surface area (TPSA) is 51.2 Å². The molecule has 0 bridgehead atoms. The van der Waals surface area contributed by atoms with Gasteiger partial charge in [0, 0.05) is 12.7 Å².